The number of halogens is 3. The van der Waals surface area contributed by atoms with E-state index in [9.17, 15) is 22.8 Å². The standard InChI is InChI=1S/C25H25F3N8O2.H2S2/c1-3-22(38)31-17-5-4-6-18(13-17)32-23-20(25(26,27)28)15-30-24(34-23)33-19-7-8-21(29-14-19)36-11-9-35(10-12-36)16(2)37;1-2/h3-8,13-15H,1,9-12H2,2H3,(H,31,38)(H2,30,32,33,34);1-2H. The highest BCUT2D eigenvalue weighted by atomic mass is 33.1. The molecule has 1 aliphatic rings. The number of rotatable bonds is 7. The number of hydrogen-bond acceptors (Lipinski definition) is 10. The molecule has 10 nitrogen and oxygen atoms in total. The minimum absolute atomic E-state index is 0.0368. The van der Waals surface area contributed by atoms with E-state index < -0.39 is 23.5 Å². The summed E-state index contributed by atoms with van der Waals surface area (Å²) in [6, 6.07) is 9.66. The van der Waals surface area contributed by atoms with E-state index in [2.05, 4.69) is 60.8 Å². The fourth-order valence-electron chi connectivity index (χ4n) is 3.78. The lowest BCUT2D eigenvalue weighted by Crippen LogP contribution is -2.48. The molecule has 0 aliphatic carbocycles. The van der Waals surface area contributed by atoms with Gasteiger partial charge in [-0.1, -0.05) is 12.6 Å². The highest BCUT2D eigenvalue weighted by molar-refractivity contribution is 8.59. The van der Waals surface area contributed by atoms with Crippen LogP contribution in [0, 0.1) is 0 Å². The van der Waals surface area contributed by atoms with Gasteiger partial charge in [0.15, 0.2) is 0 Å². The number of nitrogens with one attached hydrogen (secondary N) is 3. The zero-order valence-electron chi connectivity index (χ0n) is 21.3. The number of carbonyl (C=O) groups excluding carboxylic acids is 2. The maximum Gasteiger partial charge on any atom is 0.421 e. The van der Waals surface area contributed by atoms with Gasteiger partial charge >= 0.3 is 6.18 Å². The Kier molecular flexibility index (Phi) is 10.6. The summed E-state index contributed by atoms with van der Waals surface area (Å²) in [7, 11) is 0. The van der Waals surface area contributed by atoms with Crippen LogP contribution in [0.3, 0.4) is 0 Å². The van der Waals surface area contributed by atoms with Gasteiger partial charge in [0, 0.05) is 50.7 Å². The van der Waals surface area contributed by atoms with Gasteiger partial charge in [-0.2, -0.15) is 18.2 Å². The topological polar surface area (TPSA) is 115 Å². The Bertz CT molecular complexity index is 1330. The molecule has 1 aromatic carbocycles. The van der Waals surface area contributed by atoms with Gasteiger partial charge in [0.2, 0.25) is 17.8 Å². The summed E-state index contributed by atoms with van der Waals surface area (Å²) < 4.78 is 41.0. The van der Waals surface area contributed by atoms with Gasteiger partial charge in [-0.15, -0.1) is 23.3 Å². The van der Waals surface area contributed by atoms with Crippen molar-refractivity contribution in [1.29, 1.82) is 0 Å². The Morgan fingerprint density at radius 3 is 2.27 bits per heavy atom. The number of amides is 2. The van der Waals surface area contributed by atoms with Crippen molar-refractivity contribution in [3.63, 3.8) is 0 Å². The van der Waals surface area contributed by atoms with Gasteiger partial charge in [-0.3, -0.25) is 9.59 Å². The number of thiol groups is 2. The summed E-state index contributed by atoms with van der Waals surface area (Å²) in [6.07, 6.45) is -1.39. The average molecular weight is 593 g/mol. The molecule has 0 radical (unpaired) electrons. The largest absolute Gasteiger partial charge is 0.421 e. The molecule has 3 heterocycles. The van der Waals surface area contributed by atoms with Crippen molar-refractivity contribution in [2.75, 3.05) is 47.0 Å². The summed E-state index contributed by atoms with van der Waals surface area (Å²) in [5.41, 5.74) is 0.0744. The molecule has 2 aromatic heterocycles. The van der Waals surface area contributed by atoms with E-state index in [0.717, 1.165) is 11.9 Å². The number of pyridine rings is 1. The van der Waals surface area contributed by atoms with Gasteiger partial charge in [0.1, 0.15) is 17.2 Å². The van der Waals surface area contributed by atoms with Crippen molar-refractivity contribution < 1.29 is 22.8 Å². The maximum absolute atomic E-state index is 13.7. The molecule has 0 bridgehead atoms. The molecule has 212 valence electrons. The first-order valence-corrected chi connectivity index (χ1v) is 13.4. The van der Waals surface area contributed by atoms with Crippen LogP contribution in [0.15, 0.2) is 61.4 Å². The van der Waals surface area contributed by atoms with Crippen LogP contribution in [0.5, 0.6) is 0 Å². The quantitative estimate of drug-likeness (QED) is 0.149. The Morgan fingerprint density at radius 2 is 1.68 bits per heavy atom. The molecule has 15 heteroatoms. The summed E-state index contributed by atoms with van der Waals surface area (Å²) >= 11 is 6.44. The molecular formula is C25H27F3N8O2S2. The van der Waals surface area contributed by atoms with Crippen LogP contribution in [0.1, 0.15) is 12.5 Å². The first kappa shape index (κ1) is 30.6. The summed E-state index contributed by atoms with van der Waals surface area (Å²) in [5, 5.41) is 8.09. The molecule has 0 spiro atoms. The maximum atomic E-state index is 13.7. The smallest absolute Gasteiger partial charge is 0.353 e. The van der Waals surface area contributed by atoms with Gasteiger partial charge in [0.05, 0.1) is 11.9 Å². The molecule has 1 fully saturated rings. The predicted molar refractivity (Wildman–Crippen MR) is 156 cm³/mol. The van der Waals surface area contributed by atoms with E-state index in [-0.39, 0.29) is 17.5 Å². The van der Waals surface area contributed by atoms with E-state index in [1.807, 2.05) is 4.90 Å². The normalized spacial score (nSPS) is 13.1. The fourth-order valence-corrected chi connectivity index (χ4v) is 3.78. The zero-order valence-corrected chi connectivity index (χ0v) is 23.1. The van der Waals surface area contributed by atoms with Crippen LogP contribution < -0.4 is 20.9 Å². The third-order valence-electron chi connectivity index (χ3n) is 5.73. The monoisotopic (exact) mass is 592 g/mol. The van der Waals surface area contributed by atoms with E-state index in [1.54, 1.807) is 36.1 Å². The minimum Gasteiger partial charge on any atom is -0.353 e. The number of hydrogen-bond donors (Lipinski definition) is 5. The number of anilines is 6. The average Bonchev–Trinajstić information content (AvgIpc) is 2.94. The van der Waals surface area contributed by atoms with Crippen LogP contribution in [0.25, 0.3) is 0 Å². The number of alkyl halides is 3. The van der Waals surface area contributed by atoms with Crippen LogP contribution in [0.2, 0.25) is 0 Å². The van der Waals surface area contributed by atoms with Gasteiger partial charge in [-0.05, 0) is 36.4 Å². The lowest BCUT2D eigenvalue weighted by Gasteiger charge is -2.34. The Balaban J connectivity index is 0.00000216. The van der Waals surface area contributed by atoms with E-state index in [1.165, 1.54) is 18.3 Å². The van der Waals surface area contributed by atoms with Gasteiger partial charge < -0.3 is 25.8 Å². The summed E-state index contributed by atoms with van der Waals surface area (Å²) in [5.74, 6) is -0.228. The van der Waals surface area contributed by atoms with E-state index in [4.69, 9.17) is 0 Å². The number of benzene rings is 1. The second-order valence-corrected chi connectivity index (χ2v) is 8.38. The van der Waals surface area contributed by atoms with E-state index >= 15 is 0 Å². The lowest BCUT2D eigenvalue weighted by atomic mass is 10.2. The molecule has 0 unspecified atom stereocenters. The molecule has 3 N–H and O–H groups in total. The van der Waals surface area contributed by atoms with Crippen LogP contribution in [-0.2, 0) is 15.8 Å². The molecule has 0 atom stereocenters. The minimum atomic E-state index is -4.70. The highest BCUT2D eigenvalue weighted by Crippen LogP contribution is 2.35. The number of nitrogens with zero attached hydrogens (tertiary/aromatic N) is 5. The van der Waals surface area contributed by atoms with Crippen molar-refractivity contribution in [2.45, 2.75) is 13.1 Å². The second-order valence-electron chi connectivity index (χ2n) is 8.38. The number of aromatic nitrogens is 3. The van der Waals surface area contributed by atoms with Gasteiger partial charge in [0.25, 0.3) is 0 Å². The SMILES string of the molecule is C=CC(=O)Nc1cccc(Nc2nc(Nc3ccc(N4CCN(C(C)=O)CC4)nc3)ncc2C(F)(F)F)c1.SS. The first-order chi connectivity index (χ1) is 19.1. The first-order valence-electron chi connectivity index (χ1n) is 11.8. The summed E-state index contributed by atoms with van der Waals surface area (Å²) in [4.78, 5) is 39.2. The Labute approximate surface area is 239 Å². The van der Waals surface area contributed by atoms with Crippen molar-refractivity contribution in [3.8, 4) is 0 Å². The third kappa shape index (κ3) is 8.26. The van der Waals surface area contributed by atoms with Crippen molar-refractivity contribution >= 4 is 69.8 Å². The molecule has 3 aromatic rings. The van der Waals surface area contributed by atoms with Crippen molar-refractivity contribution in [1.82, 2.24) is 19.9 Å². The molecular weight excluding hydrogens is 565 g/mol. The van der Waals surface area contributed by atoms with Crippen molar-refractivity contribution in [3.05, 3.63) is 67.0 Å². The molecule has 1 saturated heterocycles. The number of carbonyl (C=O) groups is 2. The molecule has 40 heavy (non-hydrogen) atoms. The van der Waals surface area contributed by atoms with Gasteiger partial charge in [-0.25, -0.2) is 9.97 Å². The second kappa shape index (κ2) is 13.9. The Morgan fingerprint density at radius 1 is 0.975 bits per heavy atom. The molecule has 1 aliphatic heterocycles. The van der Waals surface area contributed by atoms with E-state index in [0.29, 0.717) is 43.8 Å². The fraction of sp³-hybridized carbons (Fsp3) is 0.240. The molecule has 0 saturated carbocycles. The predicted octanol–water partition coefficient (Wildman–Crippen LogP) is 4.93. The molecule has 2 amide bonds. The molecule has 4 rings (SSSR count). The Hall–Kier alpha value is -3.98. The van der Waals surface area contributed by atoms with Crippen molar-refractivity contribution in [2.24, 2.45) is 0 Å². The third-order valence-corrected chi connectivity index (χ3v) is 5.73. The lowest BCUT2D eigenvalue weighted by molar-refractivity contribution is -0.137. The van der Waals surface area contributed by atoms with Crippen LogP contribution >= 0.6 is 23.3 Å². The highest BCUT2D eigenvalue weighted by Gasteiger charge is 2.35. The summed E-state index contributed by atoms with van der Waals surface area (Å²) in [6.45, 7) is 7.42. The van der Waals surface area contributed by atoms with Crippen LogP contribution in [-0.4, -0.2) is 57.8 Å². The number of piperazine rings is 1. The van der Waals surface area contributed by atoms with Crippen LogP contribution in [0.4, 0.5) is 47.8 Å². The zero-order chi connectivity index (χ0) is 29.3.